The number of nitrogens with zero attached hydrogens (tertiary/aromatic N) is 4. The van der Waals surface area contributed by atoms with Crippen LogP contribution >= 0.6 is 0 Å². The molecule has 1 aromatic heterocycles. The number of ether oxygens (including phenoxy) is 1. The number of anilines is 1. The van der Waals surface area contributed by atoms with Gasteiger partial charge in [-0.1, -0.05) is 12.1 Å². The first-order valence-corrected chi connectivity index (χ1v) is 9.07. The Labute approximate surface area is 161 Å². The summed E-state index contributed by atoms with van der Waals surface area (Å²) in [5.41, 5.74) is 4.25. The monoisotopic (exact) mass is 377 g/mol. The van der Waals surface area contributed by atoms with E-state index >= 15 is 0 Å². The van der Waals surface area contributed by atoms with Crippen LogP contribution in [0.4, 0.5) is 5.69 Å². The molecule has 0 radical (unpaired) electrons. The van der Waals surface area contributed by atoms with Crippen molar-refractivity contribution >= 4 is 17.6 Å². The van der Waals surface area contributed by atoms with Crippen LogP contribution in [-0.2, 0) is 22.4 Å². The van der Waals surface area contributed by atoms with Gasteiger partial charge in [-0.2, -0.15) is 0 Å². The molecule has 0 saturated carbocycles. The summed E-state index contributed by atoms with van der Waals surface area (Å²) in [6.07, 6.45) is 3.75. The van der Waals surface area contributed by atoms with Gasteiger partial charge in [0.05, 0.1) is 11.3 Å². The summed E-state index contributed by atoms with van der Waals surface area (Å²) < 4.78 is 6.75. The van der Waals surface area contributed by atoms with E-state index in [0.717, 1.165) is 19.3 Å². The zero-order chi connectivity index (χ0) is 19.5. The molecule has 0 saturated heterocycles. The average molecular weight is 377 g/mol. The highest BCUT2D eigenvalue weighted by Crippen LogP contribution is 2.25. The van der Waals surface area contributed by atoms with E-state index in [1.165, 1.54) is 22.1 Å². The molecule has 28 heavy (non-hydrogen) atoms. The number of nitrogens with one attached hydrogen (secondary N) is 1. The van der Waals surface area contributed by atoms with Crippen molar-refractivity contribution in [1.29, 1.82) is 0 Å². The Morgan fingerprint density at radius 2 is 2.00 bits per heavy atom. The molecule has 1 amide bonds. The summed E-state index contributed by atoms with van der Waals surface area (Å²) in [7, 11) is 0. The normalized spacial score (nSPS) is 13.6. The number of carbonyl (C=O) groups excluding carboxylic acids is 2. The van der Waals surface area contributed by atoms with E-state index in [0.29, 0.717) is 16.9 Å². The number of rotatable bonds is 5. The smallest absolute Gasteiger partial charge is 0.338 e. The standard InChI is InChI=1S/C20H19N5O3/c1-13(19(26)22-17-9-8-14-4-2-5-15(14)10-17)28-20(27)16-6-3-7-18(11-16)25-12-21-23-24-25/h3,6-13H,2,4-5H2,1H3,(H,22,26)/t13-/m1/s1. The van der Waals surface area contributed by atoms with E-state index in [1.807, 2.05) is 18.2 Å². The third-order valence-corrected chi connectivity index (χ3v) is 4.71. The molecule has 1 N–H and O–H groups in total. The number of aryl methyl sites for hydroxylation is 2. The van der Waals surface area contributed by atoms with E-state index in [2.05, 4.69) is 20.8 Å². The van der Waals surface area contributed by atoms with Gasteiger partial charge in [0.25, 0.3) is 5.91 Å². The summed E-state index contributed by atoms with van der Waals surface area (Å²) in [6.45, 7) is 1.55. The molecule has 2 aromatic carbocycles. The van der Waals surface area contributed by atoms with Crippen LogP contribution in [-0.4, -0.2) is 38.2 Å². The van der Waals surface area contributed by atoms with Gasteiger partial charge >= 0.3 is 5.97 Å². The van der Waals surface area contributed by atoms with Crippen LogP contribution in [0.3, 0.4) is 0 Å². The number of hydrogen-bond acceptors (Lipinski definition) is 6. The van der Waals surface area contributed by atoms with E-state index in [9.17, 15) is 9.59 Å². The third kappa shape index (κ3) is 3.75. The number of esters is 1. The molecule has 0 aliphatic heterocycles. The number of tetrazole rings is 1. The largest absolute Gasteiger partial charge is 0.449 e. The molecule has 1 atom stereocenters. The minimum Gasteiger partial charge on any atom is -0.449 e. The molecule has 3 aromatic rings. The molecule has 1 aliphatic carbocycles. The first-order valence-electron chi connectivity index (χ1n) is 9.07. The van der Waals surface area contributed by atoms with Crippen LogP contribution in [0.25, 0.3) is 5.69 Å². The van der Waals surface area contributed by atoms with Crippen molar-refractivity contribution in [2.75, 3.05) is 5.32 Å². The second-order valence-electron chi connectivity index (χ2n) is 6.68. The van der Waals surface area contributed by atoms with Crippen LogP contribution in [0.2, 0.25) is 0 Å². The zero-order valence-electron chi connectivity index (χ0n) is 15.3. The second-order valence-corrected chi connectivity index (χ2v) is 6.68. The maximum absolute atomic E-state index is 12.4. The van der Waals surface area contributed by atoms with Crippen molar-refractivity contribution < 1.29 is 14.3 Å². The minimum absolute atomic E-state index is 0.310. The summed E-state index contributed by atoms with van der Waals surface area (Å²) >= 11 is 0. The number of fused-ring (bicyclic) bond motifs is 1. The van der Waals surface area contributed by atoms with E-state index in [-0.39, 0.29) is 5.91 Å². The molecule has 0 bridgehead atoms. The van der Waals surface area contributed by atoms with Gasteiger partial charge in [0.15, 0.2) is 6.10 Å². The Morgan fingerprint density at radius 3 is 2.82 bits per heavy atom. The fraction of sp³-hybridized carbons (Fsp3) is 0.250. The minimum atomic E-state index is -0.933. The van der Waals surface area contributed by atoms with Crippen molar-refractivity contribution in [3.8, 4) is 5.69 Å². The number of amides is 1. The summed E-state index contributed by atoms with van der Waals surface area (Å²) in [5, 5.41) is 13.7. The van der Waals surface area contributed by atoms with Gasteiger partial charge in [-0.25, -0.2) is 9.48 Å². The summed E-state index contributed by atoms with van der Waals surface area (Å²) in [6, 6.07) is 12.6. The lowest BCUT2D eigenvalue weighted by Crippen LogP contribution is -2.30. The summed E-state index contributed by atoms with van der Waals surface area (Å²) in [4.78, 5) is 24.8. The van der Waals surface area contributed by atoms with Gasteiger partial charge in [-0.3, -0.25) is 4.79 Å². The van der Waals surface area contributed by atoms with Gasteiger partial charge in [0.1, 0.15) is 6.33 Å². The van der Waals surface area contributed by atoms with Crippen molar-refractivity contribution in [2.24, 2.45) is 0 Å². The number of aromatic nitrogens is 4. The van der Waals surface area contributed by atoms with Gasteiger partial charge < -0.3 is 10.1 Å². The molecule has 142 valence electrons. The number of benzene rings is 2. The molecule has 0 unspecified atom stereocenters. The predicted molar refractivity (Wildman–Crippen MR) is 101 cm³/mol. The SMILES string of the molecule is C[C@@H](OC(=O)c1cccc(-n2cnnn2)c1)C(=O)Nc1ccc2c(c1)CCC2. The fourth-order valence-electron chi connectivity index (χ4n) is 3.23. The molecule has 0 fully saturated rings. The van der Waals surface area contributed by atoms with Crippen molar-refractivity contribution in [1.82, 2.24) is 20.2 Å². The van der Waals surface area contributed by atoms with Gasteiger partial charge in [-0.05, 0) is 78.1 Å². The molecule has 4 rings (SSSR count). The van der Waals surface area contributed by atoms with Crippen molar-refractivity contribution in [3.63, 3.8) is 0 Å². The molecule has 8 nitrogen and oxygen atoms in total. The first-order chi connectivity index (χ1) is 13.6. The lowest BCUT2D eigenvalue weighted by molar-refractivity contribution is -0.123. The van der Waals surface area contributed by atoms with E-state index in [1.54, 1.807) is 31.2 Å². The van der Waals surface area contributed by atoms with Gasteiger partial charge in [-0.15, -0.1) is 5.10 Å². The van der Waals surface area contributed by atoms with Gasteiger partial charge in [0.2, 0.25) is 0 Å². The quantitative estimate of drug-likeness (QED) is 0.685. The molecule has 0 spiro atoms. The molecule has 1 heterocycles. The predicted octanol–water partition coefficient (Wildman–Crippen LogP) is 2.33. The van der Waals surface area contributed by atoms with E-state index < -0.39 is 12.1 Å². The summed E-state index contributed by atoms with van der Waals surface area (Å²) in [5.74, 6) is -0.963. The number of carbonyl (C=O) groups is 2. The Hall–Kier alpha value is -3.55. The Morgan fingerprint density at radius 1 is 1.14 bits per heavy atom. The topological polar surface area (TPSA) is 99.0 Å². The molecule has 1 aliphatic rings. The maximum Gasteiger partial charge on any atom is 0.338 e. The Bertz CT molecular complexity index is 1020. The third-order valence-electron chi connectivity index (χ3n) is 4.71. The molecular weight excluding hydrogens is 358 g/mol. The van der Waals surface area contributed by atoms with Crippen LogP contribution in [0, 0.1) is 0 Å². The first kappa shape index (κ1) is 17.8. The zero-order valence-corrected chi connectivity index (χ0v) is 15.3. The lowest BCUT2D eigenvalue weighted by atomic mass is 10.1. The van der Waals surface area contributed by atoms with Crippen LogP contribution in [0.15, 0.2) is 48.8 Å². The van der Waals surface area contributed by atoms with Crippen LogP contribution < -0.4 is 5.32 Å². The number of hydrogen-bond donors (Lipinski definition) is 1. The Balaban J connectivity index is 1.40. The van der Waals surface area contributed by atoms with Gasteiger partial charge in [0, 0.05) is 5.69 Å². The molecular formula is C20H19N5O3. The van der Waals surface area contributed by atoms with E-state index in [4.69, 9.17) is 4.74 Å². The fourth-order valence-corrected chi connectivity index (χ4v) is 3.23. The maximum atomic E-state index is 12.4. The van der Waals surface area contributed by atoms with Crippen LogP contribution in [0.5, 0.6) is 0 Å². The second kappa shape index (κ2) is 7.59. The lowest BCUT2D eigenvalue weighted by Gasteiger charge is -2.14. The Kier molecular flexibility index (Phi) is 4.84. The highest BCUT2D eigenvalue weighted by Gasteiger charge is 2.20. The highest BCUT2D eigenvalue weighted by molar-refractivity contribution is 5.97. The van der Waals surface area contributed by atoms with Crippen LogP contribution in [0.1, 0.15) is 34.8 Å². The average Bonchev–Trinajstić information content (AvgIpc) is 3.39. The highest BCUT2D eigenvalue weighted by atomic mass is 16.5. The molecule has 8 heteroatoms. The van der Waals surface area contributed by atoms with Crippen molar-refractivity contribution in [3.05, 3.63) is 65.5 Å². The van der Waals surface area contributed by atoms with Crippen molar-refractivity contribution in [2.45, 2.75) is 32.3 Å².